The largest absolute Gasteiger partial charge is 0.507 e. The lowest BCUT2D eigenvalue weighted by Gasteiger charge is -2.10. The predicted molar refractivity (Wildman–Crippen MR) is 131 cm³/mol. The summed E-state index contributed by atoms with van der Waals surface area (Å²) in [5.41, 5.74) is 2.32. The summed E-state index contributed by atoms with van der Waals surface area (Å²) in [7, 11) is -4.26. The predicted octanol–water partition coefficient (Wildman–Crippen LogP) is 5.56. The fourth-order valence-electron chi connectivity index (χ4n) is 3.72. The van der Waals surface area contributed by atoms with Crippen molar-refractivity contribution in [2.75, 3.05) is 5.32 Å². The number of carbonyl (C=O) groups is 1. The number of hydrogen-bond donors (Lipinski definition) is 3. The van der Waals surface area contributed by atoms with Gasteiger partial charge in [0, 0.05) is 35.7 Å². The summed E-state index contributed by atoms with van der Waals surface area (Å²) in [5, 5.41) is 23.2. The van der Waals surface area contributed by atoms with Crippen molar-refractivity contribution in [3.63, 3.8) is 0 Å². The van der Waals surface area contributed by atoms with Crippen LogP contribution >= 0.6 is 0 Å². The van der Waals surface area contributed by atoms with Crippen molar-refractivity contribution >= 4 is 32.7 Å². The van der Waals surface area contributed by atoms with Gasteiger partial charge >= 0.3 is 16.1 Å². The summed E-state index contributed by atoms with van der Waals surface area (Å²) in [6.45, 7) is 2.68. The number of carboxylic acid groups (broad SMARTS) is 1. The number of aryl methyl sites for hydroxylation is 1. The van der Waals surface area contributed by atoms with Gasteiger partial charge in [0.25, 0.3) is 0 Å². The first-order chi connectivity index (χ1) is 16.8. The van der Waals surface area contributed by atoms with Gasteiger partial charge in [-0.15, -0.1) is 0 Å². The molecule has 0 amide bonds. The molecule has 0 aliphatic heterocycles. The Hall–Kier alpha value is -3.98. The fourth-order valence-corrected chi connectivity index (χ4v) is 4.68. The number of anilines is 1. The lowest BCUT2D eigenvalue weighted by Crippen LogP contribution is -2.10. The highest BCUT2D eigenvalue weighted by molar-refractivity contribution is 7.87. The molecule has 0 aliphatic carbocycles. The molecular weight excluding hydrogens is 470 g/mol. The van der Waals surface area contributed by atoms with Crippen molar-refractivity contribution < 1.29 is 32.0 Å². The van der Waals surface area contributed by atoms with Crippen LogP contribution in [0.15, 0.2) is 76.0 Å². The number of aromatic carboxylic acids is 1. The zero-order valence-corrected chi connectivity index (χ0v) is 19.8. The fraction of sp³-hybridized carbons (Fsp3) is 0.192. The third kappa shape index (κ3) is 5.41. The Kier molecular flexibility index (Phi) is 6.97. The van der Waals surface area contributed by atoms with E-state index in [0.717, 1.165) is 65.4 Å². The van der Waals surface area contributed by atoms with E-state index in [4.69, 9.17) is 13.7 Å². The number of rotatable bonds is 10. The lowest BCUT2D eigenvalue weighted by molar-refractivity contribution is 0.0693. The van der Waals surface area contributed by atoms with Gasteiger partial charge < -0.3 is 24.1 Å². The Morgan fingerprint density at radius 2 is 1.80 bits per heavy atom. The van der Waals surface area contributed by atoms with Crippen molar-refractivity contribution in [2.45, 2.75) is 37.6 Å². The van der Waals surface area contributed by atoms with Gasteiger partial charge in [0.15, 0.2) is 0 Å². The molecule has 0 radical (unpaired) electrons. The van der Waals surface area contributed by atoms with Gasteiger partial charge in [-0.2, -0.15) is 8.42 Å². The molecule has 8 nitrogen and oxygen atoms in total. The Balaban J connectivity index is 1.46. The molecule has 35 heavy (non-hydrogen) atoms. The van der Waals surface area contributed by atoms with E-state index in [2.05, 4.69) is 12.2 Å². The summed E-state index contributed by atoms with van der Waals surface area (Å²) >= 11 is 0. The van der Waals surface area contributed by atoms with E-state index in [0.29, 0.717) is 6.54 Å². The van der Waals surface area contributed by atoms with Gasteiger partial charge in [0.2, 0.25) is 0 Å². The second kappa shape index (κ2) is 10.1. The van der Waals surface area contributed by atoms with Crippen LogP contribution in [0.3, 0.4) is 0 Å². The minimum atomic E-state index is -4.26. The Labute approximate surface area is 202 Å². The van der Waals surface area contributed by atoms with Gasteiger partial charge in [-0.25, -0.2) is 4.79 Å². The van der Waals surface area contributed by atoms with Gasteiger partial charge in [-0.05, 0) is 48.9 Å². The monoisotopic (exact) mass is 495 g/mol. The van der Waals surface area contributed by atoms with Crippen LogP contribution in [0, 0.1) is 0 Å². The van der Waals surface area contributed by atoms with E-state index in [1.165, 1.54) is 12.1 Å². The third-order valence-electron chi connectivity index (χ3n) is 5.56. The zero-order valence-electron chi connectivity index (χ0n) is 19.0. The molecule has 0 saturated heterocycles. The first kappa shape index (κ1) is 24.2. The van der Waals surface area contributed by atoms with Gasteiger partial charge in [0.1, 0.15) is 33.3 Å². The zero-order chi connectivity index (χ0) is 25.0. The Morgan fingerprint density at radius 1 is 1.06 bits per heavy atom. The quantitative estimate of drug-likeness (QED) is 0.244. The number of phenols is 1. The minimum absolute atomic E-state index is 0.0785. The Morgan fingerprint density at radius 3 is 2.49 bits per heavy atom. The Bertz CT molecular complexity index is 1460. The van der Waals surface area contributed by atoms with Crippen LogP contribution in [0.2, 0.25) is 0 Å². The highest BCUT2D eigenvalue weighted by atomic mass is 32.2. The highest BCUT2D eigenvalue weighted by Crippen LogP contribution is 2.29. The summed E-state index contributed by atoms with van der Waals surface area (Å²) < 4.78 is 36.3. The van der Waals surface area contributed by atoms with E-state index in [-0.39, 0.29) is 10.6 Å². The van der Waals surface area contributed by atoms with E-state index in [1.807, 2.05) is 24.3 Å². The highest BCUT2D eigenvalue weighted by Gasteiger charge is 2.20. The summed E-state index contributed by atoms with van der Waals surface area (Å²) in [5.74, 6) is -0.985. The van der Waals surface area contributed by atoms with E-state index < -0.39 is 27.4 Å². The summed E-state index contributed by atoms with van der Waals surface area (Å²) in [4.78, 5) is 10.7. The number of carboxylic acids is 1. The minimum Gasteiger partial charge on any atom is -0.507 e. The second-order valence-corrected chi connectivity index (χ2v) is 9.55. The molecule has 1 aromatic heterocycles. The van der Waals surface area contributed by atoms with Crippen LogP contribution in [0.25, 0.3) is 11.0 Å². The van der Waals surface area contributed by atoms with E-state index in [9.17, 15) is 18.3 Å². The molecular formula is C26H25NO7S. The number of hydrogen-bond acceptors (Lipinski definition) is 7. The van der Waals surface area contributed by atoms with Crippen molar-refractivity contribution in [3.05, 3.63) is 83.6 Å². The molecule has 4 rings (SSSR count). The number of furan rings is 1. The third-order valence-corrected chi connectivity index (χ3v) is 6.80. The summed E-state index contributed by atoms with van der Waals surface area (Å²) in [6, 6.07) is 17.3. The molecule has 0 atom stereocenters. The van der Waals surface area contributed by atoms with E-state index >= 15 is 0 Å². The molecule has 3 aromatic carbocycles. The molecule has 0 aliphatic rings. The molecule has 0 unspecified atom stereocenters. The average Bonchev–Trinajstić information content (AvgIpc) is 3.19. The number of aromatic hydroxyl groups is 1. The van der Waals surface area contributed by atoms with Crippen LogP contribution in [-0.2, 0) is 23.1 Å². The maximum absolute atomic E-state index is 12.5. The summed E-state index contributed by atoms with van der Waals surface area (Å²) in [6.07, 6.45) is 2.96. The number of unbranched alkanes of at least 4 members (excludes halogenated alkanes) is 1. The topological polar surface area (TPSA) is 126 Å². The first-order valence-electron chi connectivity index (χ1n) is 11.1. The molecule has 0 fully saturated rings. The molecule has 9 heteroatoms. The van der Waals surface area contributed by atoms with Crippen molar-refractivity contribution in [1.82, 2.24) is 0 Å². The second-order valence-electron chi connectivity index (χ2n) is 8.00. The van der Waals surface area contributed by atoms with Gasteiger partial charge in [-0.3, -0.25) is 0 Å². The molecule has 0 spiro atoms. The normalized spacial score (nSPS) is 11.5. The number of para-hydroxylation sites is 1. The number of benzene rings is 3. The lowest BCUT2D eigenvalue weighted by atomic mass is 10.1. The smallest absolute Gasteiger partial charge is 0.339 e. The van der Waals surface area contributed by atoms with E-state index in [1.54, 1.807) is 12.1 Å². The van der Waals surface area contributed by atoms with Crippen LogP contribution < -0.4 is 9.50 Å². The molecule has 182 valence electrons. The van der Waals surface area contributed by atoms with Crippen molar-refractivity contribution in [2.24, 2.45) is 0 Å². The molecule has 3 N–H and O–H groups in total. The number of fused-ring (bicyclic) bond motifs is 1. The SMILES string of the molecule is CCCCc1oc2ccccc2c1CNc1ccc(OS(=O)(=O)c2ccc(C(=O)O)c(O)c2)cc1. The molecule has 1 heterocycles. The van der Waals surface area contributed by atoms with Crippen LogP contribution in [0.1, 0.15) is 41.4 Å². The molecule has 0 bridgehead atoms. The maximum Gasteiger partial charge on any atom is 0.339 e. The average molecular weight is 496 g/mol. The van der Waals surface area contributed by atoms with Gasteiger partial charge in [0.05, 0.1) is 0 Å². The van der Waals surface area contributed by atoms with Crippen LogP contribution in [0.4, 0.5) is 5.69 Å². The first-order valence-corrected chi connectivity index (χ1v) is 12.5. The van der Waals surface area contributed by atoms with Crippen molar-refractivity contribution in [3.8, 4) is 11.5 Å². The van der Waals surface area contributed by atoms with Crippen LogP contribution in [-0.4, -0.2) is 24.6 Å². The number of nitrogens with one attached hydrogen (secondary N) is 1. The van der Waals surface area contributed by atoms with Crippen LogP contribution in [0.5, 0.6) is 11.5 Å². The van der Waals surface area contributed by atoms with Crippen molar-refractivity contribution in [1.29, 1.82) is 0 Å². The maximum atomic E-state index is 12.5. The molecule has 0 saturated carbocycles. The standard InChI is InChI=1S/C26H25NO7S/c1-2-3-7-25-22(20-6-4-5-8-24(20)33-25)16-27-17-9-11-18(12-10-17)34-35(31,32)19-13-14-21(26(29)30)23(28)15-19/h4-6,8-15,27-28H,2-3,7,16H2,1H3,(H,29,30). The van der Waals surface area contributed by atoms with Gasteiger partial charge in [-0.1, -0.05) is 31.5 Å². The molecule has 4 aromatic rings.